The van der Waals surface area contributed by atoms with E-state index in [1.807, 2.05) is 46.8 Å². The van der Waals surface area contributed by atoms with E-state index in [0.717, 1.165) is 65.6 Å². The molecular weight excluding hydrogens is 673 g/mol. The summed E-state index contributed by atoms with van der Waals surface area (Å²) in [4.78, 5) is 10.7. The van der Waals surface area contributed by atoms with Gasteiger partial charge in [0, 0.05) is 11.8 Å². The topological polar surface area (TPSA) is 121 Å². The molecule has 3 heterocycles. The first-order valence-electron chi connectivity index (χ1n) is 16.5. The second-order valence-corrected chi connectivity index (χ2v) is 16.0. The molecule has 0 unspecified atom stereocenters. The number of epoxide rings is 3. The maximum Gasteiger partial charge on any atom is 0.101 e. The molecule has 8 nitrogen and oxygen atoms in total. The van der Waals surface area contributed by atoms with Gasteiger partial charge in [-0.05, 0) is 26.7 Å². The van der Waals surface area contributed by atoms with Crippen LogP contribution < -0.4 is 4.46 Å². The summed E-state index contributed by atoms with van der Waals surface area (Å²) in [5.41, 5.74) is 3.17. The Morgan fingerprint density at radius 2 is 1.25 bits per heavy atom. The molecule has 0 bridgehead atoms. The number of aliphatic hydroxyl groups excluding tert-OH is 2. The molecule has 0 aromatic heterocycles. The molecule has 0 amide bonds. The number of aliphatic hydroxyl groups is 2. The number of nitro benzene ring substituents is 1. The molecule has 4 rings (SSSR count). The second kappa shape index (κ2) is 18.4. The van der Waals surface area contributed by atoms with Crippen molar-refractivity contribution in [3.8, 4) is 0 Å². The fraction of sp³-hybridized carbons (Fsp3) is 0.538. The van der Waals surface area contributed by atoms with Crippen LogP contribution in [-0.4, -0.2) is 78.9 Å². The molecule has 8 atom stereocenters. The summed E-state index contributed by atoms with van der Waals surface area (Å²) >= 11 is 0.0752. The molecule has 1 aromatic carbocycles. The number of para-hydroxylation sites is 1. The van der Waals surface area contributed by atoms with Gasteiger partial charge in [0.15, 0.2) is 0 Å². The quantitative estimate of drug-likeness (QED) is 0.0545. The Morgan fingerprint density at radius 3 is 1.60 bits per heavy atom. The minimum absolute atomic E-state index is 0.0614. The SMILES string of the molecule is C=C(C)C[C@]1([C@H](C)/C=C/C[Se]c2ccccc2[N+](=O)[O-])CO1.C=C[C@@H](O)[C@@H](C)[C@@]1(CC(=C)C)CO1.C=C[C@H](O)[C@@H](C)[C@@]1(CC(=C)C)CO1. The smallest absolute Gasteiger partial charge is 0.101 e. The van der Waals surface area contributed by atoms with Crippen LogP contribution in [-0.2, 0) is 14.2 Å². The summed E-state index contributed by atoms with van der Waals surface area (Å²) in [6, 6.07) is 6.99. The number of benzene rings is 1. The number of hydrogen-bond donors (Lipinski definition) is 2. The molecule has 3 aliphatic heterocycles. The van der Waals surface area contributed by atoms with Gasteiger partial charge in [0.05, 0.1) is 25.4 Å². The van der Waals surface area contributed by atoms with Gasteiger partial charge >= 0.3 is 137 Å². The van der Waals surface area contributed by atoms with E-state index in [-0.39, 0.29) is 54.2 Å². The van der Waals surface area contributed by atoms with Crippen LogP contribution in [0.1, 0.15) is 60.8 Å². The number of nitrogens with zero attached hydrogens (tertiary/aromatic N) is 1. The summed E-state index contributed by atoms with van der Waals surface area (Å²) < 4.78 is 17.3. The second-order valence-electron chi connectivity index (χ2n) is 13.7. The Labute approximate surface area is 294 Å². The molecule has 3 saturated heterocycles. The number of nitro groups is 1. The van der Waals surface area contributed by atoms with E-state index in [9.17, 15) is 20.3 Å². The van der Waals surface area contributed by atoms with Crippen LogP contribution >= 0.6 is 0 Å². The van der Waals surface area contributed by atoms with Crippen molar-refractivity contribution >= 4 is 25.1 Å². The van der Waals surface area contributed by atoms with Crippen LogP contribution in [0.2, 0.25) is 5.32 Å². The largest absolute Gasteiger partial charge is 0.389 e. The van der Waals surface area contributed by atoms with Crippen molar-refractivity contribution in [2.45, 2.75) is 95.1 Å². The summed E-state index contributed by atoms with van der Waals surface area (Å²) in [5.74, 6) is 0.536. The minimum Gasteiger partial charge on any atom is -0.389 e. The van der Waals surface area contributed by atoms with E-state index in [1.165, 1.54) is 0 Å². The summed E-state index contributed by atoms with van der Waals surface area (Å²) in [7, 11) is 0. The normalized spacial score (nSPS) is 26.6. The molecule has 2 N–H and O–H groups in total. The molecular formula is C39H57NO7Se. The molecule has 266 valence electrons. The summed E-state index contributed by atoms with van der Waals surface area (Å²) in [6.07, 6.45) is 9.02. The zero-order valence-electron chi connectivity index (χ0n) is 29.8. The van der Waals surface area contributed by atoms with Crippen LogP contribution in [0.15, 0.2) is 98.2 Å². The summed E-state index contributed by atoms with van der Waals surface area (Å²) in [5, 5.41) is 31.0. The van der Waals surface area contributed by atoms with Gasteiger partial charge in [-0.25, -0.2) is 0 Å². The molecule has 0 radical (unpaired) electrons. The van der Waals surface area contributed by atoms with Gasteiger partial charge in [0.1, 0.15) is 11.2 Å². The van der Waals surface area contributed by atoms with Crippen molar-refractivity contribution in [1.82, 2.24) is 0 Å². The Kier molecular flexibility index (Phi) is 15.9. The number of rotatable bonds is 18. The van der Waals surface area contributed by atoms with E-state index in [0.29, 0.717) is 5.92 Å². The van der Waals surface area contributed by atoms with E-state index in [2.05, 4.69) is 52.0 Å². The van der Waals surface area contributed by atoms with Gasteiger partial charge in [-0.1, -0.05) is 37.1 Å². The molecule has 0 aliphatic carbocycles. The Hall–Kier alpha value is -2.62. The molecule has 48 heavy (non-hydrogen) atoms. The third kappa shape index (κ3) is 12.4. The fourth-order valence-corrected chi connectivity index (χ4v) is 7.51. The van der Waals surface area contributed by atoms with Crippen LogP contribution in [0.4, 0.5) is 5.69 Å². The average Bonchev–Trinajstić information content (AvgIpc) is 3.93. The first-order chi connectivity index (χ1) is 22.5. The van der Waals surface area contributed by atoms with Gasteiger partial charge in [0.25, 0.3) is 0 Å². The third-order valence-electron chi connectivity index (χ3n) is 9.17. The predicted molar refractivity (Wildman–Crippen MR) is 197 cm³/mol. The van der Waals surface area contributed by atoms with E-state index >= 15 is 0 Å². The Balaban J connectivity index is 0.000000266. The van der Waals surface area contributed by atoms with Crippen molar-refractivity contribution in [2.75, 3.05) is 19.8 Å². The standard InChI is InChI=1S/C17H21NO3Se.2C11H18O2/c1-13(2)11-17(12-21-17)14(3)7-6-10-22-16-9-5-4-8-15(16)18(19)20;2*1-5-10(12)9(4)11(7-13-11)6-8(2)3/h4-9,14H,1,10-12H2,2-3H3;2*5,9-10,12H,1-2,6-7H2,3-4H3/b7-6+;;/t14-,17-;9-,10+,11-;9-,10-,11-/m111/s1. The monoisotopic (exact) mass is 731 g/mol. The van der Waals surface area contributed by atoms with Crippen molar-refractivity contribution < 1.29 is 29.3 Å². The zero-order valence-corrected chi connectivity index (χ0v) is 31.5. The van der Waals surface area contributed by atoms with Crippen molar-refractivity contribution in [1.29, 1.82) is 0 Å². The number of ether oxygens (including phenoxy) is 3. The van der Waals surface area contributed by atoms with Gasteiger partial charge in [0.2, 0.25) is 0 Å². The third-order valence-corrected chi connectivity index (χ3v) is 11.3. The van der Waals surface area contributed by atoms with E-state index in [4.69, 9.17) is 14.2 Å². The van der Waals surface area contributed by atoms with Gasteiger partial charge in [-0.3, -0.25) is 0 Å². The first-order valence-corrected chi connectivity index (χ1v) is 18.5. The Bertz CT molecular complexity index is 1280. The van der Waals surface area contributed by atoms with Gasteiger partial charge < -0.3 is 19.7 Å². The van der Waals surface area contributed by atoms with Crippen LogP contribution in [0.5, 0.6) is 0 Å². The minimum atomic E-state index is -0.484. The molecule has 0 spiro atoms. The van der Waals surface area contributed by atoms with Crippen LogP contribution in [0.3, 0.4) is 0 Å². The molecule has 3 fully saturated rings. The first kappa shape index (κ1) is 41.6. The van der Waals surface area contributed by atoms with E-state index < -0.39 is 12.2 Å². The van der Waals surface area contributed by atoms with Crippen molar-refractivity contribution in [3.05, 3.63) is 108 Å². The predicted octanol–water partition coefficient (Wildman–Crippen LogP) is 7.08. The number of hydrogen-bond acceptors (Lipinski definition) is 7. The van der Waals surface area contributed by atoms with Crippen LogP contribution in [0.25, 0.3) is 0 Å². The number of allylic oxidation sites excluding steroid dienone is 1. The zero-order chi connectivity index (χ0) is 36.3. The van der Waals surface area contributed by atoms with Crippen molar-refractivity contribution in [3.63, 3.8) is 0 Å². The van der Waals surface area contributed by atoms with E-state index in [1.54, 1.807) is 24.3 Å². The van der Waals surface area contributed by atoms with Crippen LogP contribution in [0, 0.1) is 27.9 Å². The molecule has 1 aromatic rings. The summed E-state index contributed by atoms with van der Waals surface area (Å²) in [6.45, 7) is 33.2. The van der Waals surface area contributed by atoms with Crippen molar-refractivity contribution in [2.24, 2.45) is 17.8 Å². The molecule has 9 heteroatoms. The fourth-order valence-electron chi connectivity index (χ4n) is 5.72. The average molecular weight is 731 g/mol. The Morgan fingerprint density at radius 1 is 0.854 bits per heavy atom. The maximum atomic E-state index is 11.0. The molecule has 3 aliphatic rings. The maximum absolute atomic E-state index is 11.0. The van der Waals surface area contributed by atoms with Gasteiger partial charge in [-0.15, -0.1) is 26.3 Å². The van der Waals surface area contributed by atoms with Gasteiger partial charge in [-0.2, -0.15) is 0 Å². The molecule has 0 saturated carbocycles.